The lowest BCUT2D eigenvalue weighted by atomic mass is 10.00. The van der Waals surface area contributed by atoms with Gasteiger partial charge in [-0.2, -0.15) is 0 Å². The number of nitrogens with zero attached hydrogens (tertiary/aromatic N) is 1. The third kappa shape index (κ3) is 4.98. The van der Waals surface area contributed by atoms with Crippen LogP contribution in [0.5, 0.6) is 5.75 Å². The zero-order valence-electron chi connectivity index (χ0n) is 15.7. The topological polar surface area (TPSA) is 98.5 Å². The van der Waals surface area contributed by atoms with Gasteiger partial charge in [-0.05, 0) is 23.6 Å². The molecule has 0 saturated heterocycles. The number of sulfonamides is 1. The summed E-state index contributed by atoms with van der Waals surface area (Å²) >= 11 is 0. The van der Waals surface area contributed by atoms with Gasteiger partial charge in [0.05, 0.1) is 24.1 Å². The Morgan fingerprint density at radius 1 is 1.00 bits per heavy atom. The highest BCUT2D eigenvalue weighted by atomic mass is 32.2. The van der Waals surface area contributed by atoms with Crippen LogP contribution in [0.2, 0.25) is 0 Å². The highest BCUT2D eigenvalue weighted by Gasteiger charge is 2.26. The van der Waals surface area contributed by atoms with Crippen molar-refractivity contribution in [2.24, 2.45) is 0 Å². The van der Waals surface area contributed by atoms with Crippen LogP contribution >= 0.6 is 0 Å². The van der Waals surface area contributed by atoms with Gasteiger partial charge >= 0.3 is 0 Å². The average Bonchev–Trinajstić information content (AvgIpc) is 2.74. The zero-order chi connectivity index (χ0) is 20.9. The molecule has 0 spiro atoms. The fourth-order valence-corrected chi connectivity index (χ4v) is 4.38. The van der Waals surface area contributed by atoms with Crippen LogP contribution in [0, 0.1) is 10.1 Å². The molecule has 0 aliphatic carbocycles. The van der Waals surface area contributed by atoms with Crippen molar-refractivity contribution in [1.82, 2.24) is 4.72 Å². The fourth-order valence-electron chi connectivity index (χ4n) is 3.01. The number of methoxy groups -OCH3 is 1. The number of ether oxygens (including phenoxy) is 1. The van der Waals surface area contributed by atoms with Crippen molar-refractivity contribution in [2.75, 3.05) is 7.11 Å². The molecule has 1 atom stereocenters. The molecular weight excluding hydrogens is 392 g/mol. The minimum Gasteiger partial charge on any atom is -0.495 e. The summed E-state index contributed by atoms with van der Waals surface area (Å²) in [6, 6.07) is 21.7. The quantitative estimate of drug-likeness (QED) is 0.447. The number of hydrogen-bond acceptors (Lipinski definition) is 5. The normalized spacial score (nSPS) is 12.3. The van der Waals surface area contributed by atoms with E-state index in [-0.39, 0.29) is 16.3 Å². The Balaban J connectivity index is 1.97. The van der Waals surface area contributed by atoms with E-state index in [4.69, 9.17) is 4.74 Å². The van der Waals surface area contributed by atoms with Crippen LogP contribution in [0.15, 0.2) is 83.8 Å². The molecule has 0 aromatic heterocycles. The molecule has 1 N–H and O–H groups in total. The lowest BCUT2D eigenvalue weighted by molar-refractivity contribution is -0.385. The van der Waals surface area contributed by atoms with E-state index in [9.17, 15) is 18.5 Å². The van der Waals surface area contributed by atoms with Gasteiger partial charge < -0.3 is 4.74 Å². The van der Waals surface area contributed by atoms with Gasteiger partial charge in [-0.15, -0.1) is 0 Å². The maximum Gasteiger partial charge on any atom is 0.273 e. The molecule has 0 aliphatic heterocycles. The van der Waals surface area contributed by atoms with Crippen molar-refractivity contribution >= 4 is 15.7 Å². The van der Waals surface area contributed by atoms with Crippen molar-refractivity contribution < 1.29 is 18.1 Å². The van der Waals surface area contributed by atoms with E-state index in [0.29, 0.717) is 6.42 Å². The summed E-state index contributed by atoms with van der Waals surface area (Å²) in [4.78, 5) is 10.2. The first-order valence-electron chi connectivity index (χ1n) is 8.84. The van der Waals surface area contributed by atoms with E-state index in [1.165, 1.54) is 13.2 Å². The molecule has 3 aromatic carbocycles. The van der Waals surface area contributed by atoms with Crippen LogP contribution < -0.4 is 9.46 Å². The van der Waals surface area contributed by atoms with Crippen molar-refractivity contribution in [2.45, 2.75) is 17.4 Å². The Hall–Kier alpha value is -3.23. The Morgan fingerprint density at radius 2 is 1.62 bits per heavy atom. The zero-order valence-corrected chi connectivity index (χ0v) is 16.5. The minimum atomic E-state index is -4.01. The summed E-state index contributed by atoms with van der Waals surface area (Å²) in [7, 11) is -2.74. The molecule has 0 radical (unpaired) electrons. The minimum absolute atomic E-state index is 0.0850. The molecule has 1 unspecified atom stereocenters. The molecule has 0 aliphatic rings. The molecule has 150 valence electrons. The summed E-state index contributed by atoms with van der Waals surface area (Å²) in [5, 5.41) is 11.0. The summed E-state index contributed by atoms with van der Waals surface area (Å²) in [6.07, 6.45) is 0.444. The predicted molar refractivity (Wildman–Crippen MR) is 109 cm³/mol. The molecule has 7 nitrogen and oxygen atoms in total. The Bertz CT molecular complexity index is 1090. The van der Waals surface area contributed by atoms with Crippen molar-refractivity contribution in [1.29, 1.82) is 0 Å². The predicted octanol–water partition coefficient (Wildman–Crippen LogP) is 3.87. The summed E-state index contributed by atoms with van der Waals surface area (Å²) < 4.78 is 34.0. The molecule has 0 amide bonds. The molecule has 0 heterocycles. The first kappa shape index (κ1) is 20.5. The first-order chi connectivity index (χ1) is 13.9. The molecular formula is C21H20N2O5S. The van der Waals surface area contributed by atoms with Crippen LogP contribution in [0.25, 0.3) is 0 Å². The monoisotopic (exact) mass is 412 g/mol. The van der Waals surface area contributed by atoms with Gasteiger partial charge in [0, 0.05) is 6.07 Å². The van der Waals surface area contributed by atoms with Crippen molar-refractivity contribution in [3.05, 3.63) is 100 Å². The number of nitro benzene ring substituents is 1. The fraction of sp³-hybridized carbons (Fsp3) is 0.143. The van der Waals surface area contributed by atoms with Crippen LogP contribution in [0.4, 0.5) is 5.69 Å². The number of nitro groups is 1. The van der Waals surface area contributed by atoms with Crippen molar-refractivity contribution in [3.8, 4) is 5.75 Å². The molecule has 3 rings (SSSR count). The molecule has 3 aromatic rings. The van der Waals surface area contributed by atoms with Crippen LogP contribution in [-0.4, -0.2) is 20.5 Å². The summed E-state index contributed by atoms with van der Waals surface area (Å²) in [5.74, 6) is -0.0850. The molecule has 0 bridgehead atoms. The Labute approximate surface area is 169 Å². The maximum atomic E-state index is 13.1. The first-order valence-corrected chi connectivity index (χ1v) is 10.3. The van der Waals surface area contributed by atoms with E-state index in [2.05, 4.69) is 4.72 Å². The Kier molecular flexibility index (Phi) is 6.26. The lowest BCUT2D eigenvalue weighted by Gasteiger charge is -2.20. The number of hydrogen-bond donors (Lipinski definition) is 1. The Morgan fingerprint density at radius 3 is 2.21 bits per heavy atom. The second-order valence-electron chi connectivity index (χ2n) is 6.37. The summed E-state index contributed by atoms with van der Waals surface area (Å²) in [6.45, 7) is 0. The van der Waals surface area contributed by atoms with Gasteiger partial charge in [0.25, 0.3) is 5.69 Å². The molecule has 0 saturated carbocycles. The van der Waals surface area contributed by atoms with Crippen molar-refractivity contribution in [3.63, 3.8) is 0 Å². The number of rotatable bonds is 8. The second kappa shape index (κ2) is 8.85. The standard InChI is InChI=1S/C21H20N2O5S/c1-28-20-15-18(23(24)25)12-13-21(20)29(26,27)22-19(17-10-6-3-7-11-17)14-16-8-4-2-5-9-16/h2-13,15,19,22H,14H2,1H3. The maximum absolute atomic E-state index is 13.1. The van der Waals surface area contributed by atoms with E-state index >= 15 is 0 Å². The third-order valence-corrected chi connectivity index (χ3v) is 5.94. The van der Waals surface area contributed by atoms with Gasteiger partial charge in [-0.25, -0.2) is 13.1 Å². The van der Waals surface area contributed by atoms with Gasteiger partial charge in [0.15, 0.2) is 0 Å². The number of benzene rings is 3. The summed E-state index contributed by atoms with van der Waals surface area (Å²) in [5.41, 5.74) is 1.53. The van der Waals surface area contributed by atoms with Crippen LogP contribution in [0.3, 0.4) is 0 Å². The van der Waals surface area contributed by atoms with Gasteiger partial charge in [0.1, 0.15) is 10.6 Å². The number of non-ortho nitro benzene ring substituents is 1. The van der Waals surface area contributed by atoms with Crippen LogP contribution in [0.1, 0.15) is 17.2 Å². The third-order valence-electron chi connectivity index (χ3n) is 4.43. The van der Waals surface area contributed by atoms with Gasteiger partial charge in [-0.1, -0.05) is 60.7 Å². The number of nitrogens with one attached hydrogen (secondary N) is 1. The highest BCUT2D eigenvalue weighted by Crippen LogP contribution is 2.30. The van der Waals surface area contributed by atoms with Gasteiger partial charge in [0.2, 0.25) is 10.0 Å². The average molecular weight is 412 g/mol. The second-order valence-corrected chi connectivity index (χ2v) is 8.05. The molecule has 0 fully saturated rings. The largest absolute Gasteiger partial charge is 0.495 e. The van der Waals surface area contributed by atoms with E-state index in [1.807, 2.05) is 60.7 Å². The lowest BCUT2D eigenvalue weighted by Crippen LogP contribution is -2.30. The smallest absolute Gasteiger partial charge is 0.273 e. The SMILES string of the molecule is COc1cc([N+](=O)[O-])ccc1S(=O)(=O)NC(Cc1ccccc1)c1ccccc1. The van der Waals surface area contributed by atoms with E-state index in [0.717, 1.165) is 23.3 Å². The van der Waals surface area contributed by atoms with E-state index < -0.39 is 21.0 Å². The highest BCUT2D eigenvalue weighted by molar-refractivity contribution is 7.89. The molecule has 8 heteroatoms. The molecule has 29 heavy (non-hydrogen) atoms. The van der Waals surface area contributed by atoms with E-state index in [1.54, 1.807) is 0 Å². The van der Waals surface area contributed by atoms with Gasteiger partial charge in [-0.3, -0.25) is 10.1 Å². The van der Waals surface area contributed by atoms with Crippen LogP contribution in [-0.2, 0) is 16.4 Å².